The maximum atomic E-state index is 12.1. The van der Waals surface area contributed by atoms with E-state index in [0.717, 1.165) is 28.5 Å². The van der Waals surface area contributed by atoms with Gasteiger partial charge in [0.25, 0.3) is 0 Å². The summed E-state index contributed by atoms with van der Waals surface area (Å²) in [4.78, 5) is 23.1. The number of carboxylic acid groups (broad SMARTS) is 1. The van der Waals surface area contributed by atoms with Crippen molar-refractivity contribution in [3.05, 3.63) is 71.4 Å². The number of fused-ring (bicyclic) bond motifs is 3. The Morgan fingerprint density at radius 2 is 1.69 bits per heavy atom. The number of nitrogens with zero attached hydrogens (tertiary/aromatic N) is 1. The fourth-order valence-corrected chi connectivity index (χ4v) is 3.28. The molecule has 0 saturated heterocycles. The third-order valence-electron chi connectivity index (χ3n) is 4.44. The minimum Gasteiger partial charge on any atom is -0.477 e. The number of carbonyl (C=O) groups excluding carboxylic acids is 1. The van der Waals surface area contributed by atoms with E-state index in [-0.39, 0.29) is 23.9 Å². The molecule has 1 aliphatic carbocycles. The number of ether oxygens (including phenoxy) is 1. The van der Waals surface area contributed by atoms with Gasteiger partial charge in [-0.3, -0.25) is 10.4 Å². The molecule has 7 heteroatoms. The van der Waals surface area contributed by atoms with E-state index in [1.807, 2.05) is 36.4 Å². The molecule has 1 amide bonds. The molecule has 0 atom stereocenters. The Bertz CT molecular complexity index is 950. The summed E-state index contributed by atoms with van der Waals surface area (Å²) in [5.41, 5.74) is 4.36. The van der Waals surface area contributed by atoms with Crippen LogP contribution in [0.4, 0.5) is 10.6 Å². The molecule has 4 rings (SSSR count). The normalized spacial score (nSPS) is 12.3. The summed E-state index contributed by atoms with van der Waals surface area (Å²) in [6.45, 7) is 0.149. The Kier molecular flexibility index (Phi) is 3.89. The number of nitrogens with one attached hydrogen (secondary N) is 2. The lowest BCUT2D eigenvalue weighted by Gasteiger charge is -2.14. The van der Waals surface area contributed by atoms with Crippen molar-refractivity contribution in [1.29, 1.82) is 0 Å². The number of hydrogen-bond acceptors (Lipinski definition) is 4. The molecule has 0 fully saturated rings. The Hall–Kier alpha value is -3.61. The Morgan fingerprint density at radius 3 is 2.31 bits per heavy atom. The van der Waals surface area contributed by atoms with Crippen molar-refractivity contribution in [3.8, 4) is 11.1 Å². The molecule has 0 bridgehead atoms. The molecule has 3 N–H and O–H groups in total. The highest BCUT2D eigenvalue weighted by atomic mass is 16.5. The van der Waals surface area contributed by atoms with Crippen LogP contribution in [0, 0.1) is 0 Å². The maximum Gasteiger partial charge on any atom is 0.412 e. The average Bonchev–Trinajstić information content (AvgIpc) is 3.23. The number of rotatable bonds is 4. The Morgan fingerprint density at radius 1 is 1.08 bits per heavy atom. The van der Waals surface area contributed by atoms with E-state index in [0.29, 0.717) is 0 Å². The van der Waals surface area contributed by atoms with Crippen LogP contribution < -0.4 is 5.32 Å². The first-order chi connectivity index (χ1) is 12.6. The predicted molar refractivity (Wildman–Crippen MR) is 94.2 cm³/mol. The van der Waals surface area contributed by atoms with Gasteiger partial charge in [-0.1, -0.05) is 48.5 Å². The second-order valence-corrected chi connectivity index (χ2v) is 5.91. The van der Waals surface area contributed by atoms with Crippen molar-refractivity contribution in [1.82, 2.24) is 10.2 Å². The highest BCUT2D eigenvalue weighted by molar-refractivity contribution is 5.97. The van der Waals surface area contributed by atoms with Gasteiger partial charge in [-0.2, -0.15) is 5.10 Å². The topological polar surface area (TPSA) is 104 Å². The zero-order chi connectivity index (χ0) is 18.1. The second kappa shape index (κ2) is 6.36. The lowest BCUT2D eigenvalue weighted by Crippen LogP contribution is -2.19. The van der Waals surface area contributed by atoms with Gasteiger partial charge >= 0.3 is 12.1 Å². The van der Waals surface area contributed by atoms with E-state index >= 15 is 0 Å². The van der Waals surface area contributed by atoms with Gasteiger partial charge in [0, 0.05) is 5.92 Å². The number of benzene rings is 2. The van der Waals surface area contributed by atoms with Gasteiger partial charge in [0.1, 0.15) is 18.0 Å². The van der Waals surface area contributed by atoms with E-state index in [1.165, 1.54) is 0 Å². The molecule has 1 heterocycles. The maximum absolute atomic E-state index is 12.1. The van der Waals surface area contributed by atoms with Crippen LogP contribution >= 0.6 is 0 Å². The summed E-state index contributed by atoms with van der Waals surface area (Å²) in [5.74, 6) is -1.25. The van der Waals surface area contributed by atoms with Crippen LogP contribution in [-0.4, -0.2) is 34.0 Å². The molecule has 7 nitrogen and oxygen atoms in total. The third kappa shape index (κ3) is 2.69. The fourth-order valence-electron chi connectivity index (χ4n) is 3.28. The van der Waals surface area contributed by atoms with E-state index in [4.69, 9.17) is 9.84 Å². The summed E-state index contributed by atoms with van der Waals surface area (Å²) in [6.07, 6.45) is 0.389. The highest BCUT2D eigenvalue weighted by Crippen LogP contribution is 2.44. The standard InChI is InChI=1S/C19H15N3O4/c23-18(24)15-9-20-22-17(15)21-19(25)26-10-16-13-7-3-1-5-11(13)12-6-2-4-8-14(12)16/h1-9,16H,10H2,(H,23,24)(H2,20,21,22,25). The van der Waals surface area contributed by atoms with E-state index in [2.05, 4.69) is 27.6 Å². The number of hydrogen-bond donors (Lipinski definition) is 3. The SMILES string of the molecule is O=C(Nc1[nH]ncc1C(=O)O)OCC1c2ccccc2-c2ccccc21. The predicted octanol–water partition coefficient (Wildman–Crippen LogP) is 3.47. The first-order valence-corrected chi connectivity index (χ1v) is 8.04. The number of anilines is 1. The van der Waals surface area contributed by atoms with Gasteiger partial charge in [-0.15, -0.1) is 0 Å². The Labute approximate surface area is 148 Å². The molecule has 1 aliphatic rings. The minimum atomic E-state index is -1.19. The molecule has 0 spiro atoms. The van der Waals surface area contributed by atoms with Crippen LogP contribution in [0.25, 0.3) is 11.1 Å². The molecule has 3 aromatic rings. The molecule has 0 unspecified atom stereocenters. The zero-order valence-electron chi connectivity index (χ0n) is 13.6. The summed E-state index contributed by atoms with van der Waals surface area (Å²) >= 11 is 0. The van der Waals surface area contributed by atoms with Gasteiger partial charge in [0.05, 0.1) is 6.20 Å². The van der Waals surface area contributed by atoms with Crippen LogP contribution in [0.2, 0.25) is 0 Å². The summed E-state index contributed by atoms with van der Waals surface area (Å²) in [6, 6.07) is 16.0. The number of H-pyrrole nitrogens is 1. The number of carboxylic acids is 1. The van der Waals surface area contributed by atoms with Gasteiger partial charge in [-0.05, 0) is 22.3 Å². The summed E-state index contributed by atoms with van der Waals surface area (Å²) in [7, 11) is 0. The van der Waals surface area contributed by atoms with Gasteiger partial charge < -0.3 is 9.84 Å². The van der Waals surface area contributed by atoms with Crippen molar-refractivity contribution >= 4 is 17.9 Å². The molecule has 130 valence electrons. The summed E-state index contributed by atoms with van der Waals surface area (Å²) < 4.78 is 5.36. The van der Waals surface area contributed by atoms with E-state index < -0.39 is 12.1 Å². The first kappa shape index (κ1) is 15.9. The Balaban J connectivity index is 1.50. The van der Waals surface area contributed by atoms with Gasteiger partial charge in [0.2, 0.25) is 0 Å². The monoisotopic (exact) mass is 349 g/mol. The summed E-state index contributed by atoms with van der Waals surface area (Å²) in [5, 5.41) is 17.5. The molecular formula is C19H15N3O4. The molecule has 26 heavy (non-hydrogen) atoms. The number of aromatic amines is 1. The van der Waals surface area contributed by atoms with Gasteiger partial charge in [-0.25, -0.2) is 9.59 Å². The van der Waals surface area contributed by atoms with Crippen LogP contribution in [-0.2, 0) is 4.74 Å². The van der Waals surface area contributed by atoms with Gasteiger partial charge in [0.15, 0.2) is 0 Å². The smallest absolute Gasteiger partial charge is 0.412 e. The molecule has 0 aliphatic heterocycles. The number of aromatic carboxylic acids is 1. The lowest BCUT2D eigenvalue weighted by atomic mass is 9.98. The van der Waals surface area contributed by atoms with E-state index in [9.17, 15) is 9.59 Å². The largest absolute Gasteiger partial charge is 0.477 e. The number of aromatic nitrogens is 2. The molecular weight excluding hydrogens is 334 g/mol. The zero-order valence-corrected chi connectivity index (χ0v) is 13.6. The van der Waals surface area contributed by atoms with Crippen LogP contribution in [0.5, 0.6) is 0 Å². The molecule has 0 radical (unpaired) electrons. The molecule has 2 aromatic carbocycles. The van der Waals surface area contributed by atoms with E-state index in [1.54, 1.807) is 0 Å². The van der Waals surface area contributed by atoms with Crippen molar-refractivity contribution < 1.29 is 19.4 Å². The average molecular weight is 349 g/mol. The number of amides is 1. The van der Waals surface area contributed by atoms with Crippen LogP contribution in [0.3, 0.4) is 0 Å². The number of carbonyl (C=O) groups is 2. The second-order valence-electron chi connectivity index (χ2n) is 5.91. The quantitative estimate of drug-likeness (QED) is 0.669. The third-order valence-corrected chi connectivity index (χ3v) is 4.44. The van der Waals surface area contributed by atoms with Crippen molar-refractivity contribution in [3.63, 3.8) is 0 Å². The van der Waals surface area contributed by atoms with Crippen molar-refractivity contribution in [2.24, 2.45) is 0 Å². The fraction of sp³-hybridized carbons (Fsp3) is 0.105. The lowest BCUT2D eigenvalue weighted by molar-refractivity contribution is 0.0698. The first-order valence-electron chi connectivity index (χ1n) is 8.04. The van der Waals surface area contributed by atoms with Crippen LogP contribution in [0.15, 0.2) is 54.7 Å². The van der Waals surface area contributed by atoms with Crippen molar-refractivity contribution in [2.75, 3.05) is 11.9 Å². The minimum absolute atomic E-state index is 0.00489. The van der Waals surface area contributed by atoms with Crippen molar-refractivity contribution in [2.45, 2.75) is 5.92 Å². The van der Waals surface area contributed by atoms with Crippen LogP contribution in [0.1, 0.15) is 27.4 Å². The highest BCUT2D eigenvalue weighted by Gasteiger charge is 2.29. The molecule has 0 saturated carbocycles. The molecule has 1 aromatic heterocycles.